The Morgan fingerprint density at radius 1 is 0.322 bits per heavy atom. The monoisotopic (exact) mass is 750 g/mol. The number of hydrogen-bond acceptors (Lipinski definition) is 2. The van der Waals surface area contributed by atoms with Crippen LogP contribution < -0.4 is 0 Å². The molecule has 0 radical (unpaired) electrons. The third kappa shape index (κ3) is 4.46. The number of para-hydroxylation sites is 1. The minimum Gasteiger partial charge on any atom is -0.456 e. The molecule has 0 bridgehead atoms. The maximum absolute atomic E-state index is 6.68. The topological polar surface area (TPSA) is 26.3 Å². The van der Waals surface area contributed by atoms with E-state index in [1.807, 2.05) is 12.1 Å². The molecular weight excluding hydrogens is 717 g/mol. The van der Waals surface area contributed by atoms with Crippen LogP contribution in [0.3, 0.4) is 0 Å². The zero-order valence-electron chi connectivity index (χ0n) is 31.9. The summed E-state index contributed by atoms with van der Waals surface area (Å²) in [5.74, 6) is 0. The van der Waals surface area contributed by atoms with Crippen molar-refractivity contribution >= 4 is 65.4 Å². The van der Waals surface area contributed by atoms with Gasteiger partial charge < -0.3 is 8.83 Å². The van der Waals surface area contributed by atoms with Crippen molar-refractivity contribution in [2.75, 3.05) is 0 Å². The van der Waals surface area contributed by atoms with Crippen LogP contribution in [-0.2, 0) is 5.41 Å². The van der Waals surface area contributed by atoms with Gasteiger partial charge in [0, 0.05) is 26.9 Å². The molecule has 0 spiro atoms. The van der Waals surface area contributed by atoms with Gasteiger partial charge in [-0.15, -0.1) is 0 Å². The highest BCUT2D eigenvalue weighted by Gasteiger charge is 2.47. The molecule has 10 aromatic carbocycles. The summed E-state index contributed by atoms with van der Waals surface area (Å²) in [5.41, 5.74) is 15.4. The molecule has 274 valence electrons. The molecule has 1 aliphatic rings. The quantitative estimate of drug-likeness (QED) is 0.179. The van der Waals surface area contributed by atoms with E-state index in [2.05, 4.69) is 194 Å². The van der Waals surface area contributed by atoms with E-state index in [-0.39, 0.29) is 0 Å². The Hall–Kier alpha value is -7.68. The lowest BCUT2D eigenvalue weighted by atomic mass is 9.67. The third-order valence-corrected chi connectivity index (χ3v) is 13.0. The number of rotatable bonds is 4. The fraction of sp³-hybridized carbons (Fsp3) is 0.0175. The first-order valence-electron chi connectivity index (χ1n) is 20.3. The van der Waals surface area contributed by atoms with Crippen molar-refractivity contribution in [3.63, 3.8) is 0 Å². The van der Waals surface area contributed by atoms with Gasteiger partial charge in [0.15, 0.2) is 0 Å². The van der Waals surface area contributed by atoms with Crippen LogP contribution in [0.25, 0.3) is 98.8 Å². The van der Waals surface area contributed by atoms with E-state index in [9.17, 15) is 0 Å². The molecule has 0 amide bonds. The molecule has 0 saturated heterocycles. The molecule has 59 heavy (non-hydrogen) atoms. The molecule has 13 rings (SSSR count). The highest BCUT2D eigenvalue weighted by Crippen LogP contribution is 2.59. The standard InChI is InChI=1S/C57H34O2/c1-3-14-38(15-4-1)57(39-16-5-2-6-17-39)49-31-27-36(41-21-12-24-52-55(41)47-29-25-35-13-7-8-18-42(35)56(47)59-52)33-48(49)54-46-22-11-20-40(43(46)30-32-50(54)57)37-26-28-45-44-19-9-10-23-51(44)58-53(45)34-37/h1-34H. The average Bonchev–Trinajstić information content (AvgIpc) is 3.97. The Morgan fingerprint density at radius 2 is 0.932 bits per heavy atom. The normalized spacial score (nSPS) is 13.2. The Morgan fingerprint density at radius 3 is 1.78 bits per heavy atom. The Bertz CT molecular complexity index is 3620. The van der Waals surface area contributed by atoms with Gasteiger partial charge in [0.25, 0.3) is 0 Å². The van der Waals surface area contributed by atoms with Gasteiger partial charge in [-0.25, -0.2) is 0 Å². The Balaban J connectivity index is 1.10. The summed E-state index contributed by atoms with van der Waals surface area (Å²) in [7, 11) is 0. The lowest BCUT2D eigenvalue weighted by Gasteiger charge is -2.34. The highest BCUT2D eigenvalue weighted by molar-refractivity contribution is 6.19. The number of hydrogen-bond donors (Lipinski definition) is 0. The predicted octanol–water partition coefficient (Wildman–Crippen LogP) is 15.5. The van der Waals surface area contributed by atoms with E-state index in [0.717, 1.165) is 66.0 Å². The number of furan rings is 2. The molecule has 0 N–H and O–H groups in total. The van der Waals surface area contributed by atoms with Crippen LogP contribution in [0, 0.1) is 0 Å². The Kier molecular flexibility index (Phi) is 6.68. The van der Waals surface area contributed by atoms with E-state index in [0.29, 0.717) is 0 Å². The first-order valence-corrected chi connectivity index (χ1v) is 20.3. The molecule has 0 saturated carbocycles. The van der Waals surface area contributed by atoms with E-state index in [1.54, 1.807) is 0 Å². The molecule has 2 heterocycles. The maximum Gasteiger partial charge on any atom is 0.143 e. The summed E-state index contributed by atoms with van der Waals surface area (Å²) in [6.45, 7) is 0. The molecule has 2 heteroatoms. The van der Waals surface area contributed by atoms with Crippen molar-refractivity contribution < 1.29 is 8.83 Å². The molecule has 0 aliphatic heterocycles. The van der Waals surface area contributed by atoms with E-state index in [1.165, 1.54) is 55.1 Å². The van der Waals surface area contributed by atoms with Gasteiger partial charge >= 0.3 is 0 Å². The minimum absolute atomic E-state index is 0.531. The smallest absolute Gasteiger partial charge is 0.143 e. The van der Waals surface area contributed by atoms with Gasteiger partial charge in [0.05, 0.1) is 5.41 Å². The predicted molar refractivity (Wildman–Crippen MR) is 244 cm³/mol. The summed E-state index contributed by atoms with van der Waals surface area (Å²) in [5, 5.41) is 9.31. The second-order valence-corrected chi connectivity index (χ2v) is 15.9. The molecular formula is C57H34O2. The average molecular weight is 751 g/mol. The van der Waals surface area contributed by atoms with Crippen LogP contribution in [0.1, 0.15) is 22.3 Å². The summed E-state index contributed by atoms with van der Waals surface area (Å²) < 4.78 is 13.1. The highest BCUT2D eigenvalue weighted by atomic mass is 16.3. The summed E-state index contributed by atoms with van der Waals surface area (Å²) in [4.78, 5) is 0. The summed E-state index contributed by atoms with van der Waals surface area (Å²) in [6, 6.07) is 75.2. The fourth-order valence-electron chi connectivity index (χ4n) is 10.5. The van der Waals surface area contributed by atoms with Crippen molar-refractivity contribution in [2.24, 2.45) is 0 Å². The lowest BCUT2D eigenvalue weighted by Crippen LogP contribution is -2.28. The zero-order valence-corrected chi connectivity index (χ0v) is 31.9. The molecule has 0 atom stereocenters. The molecule has 0 unspecified atom stereocenters. The maximum atomic E-state index is 6.68. The van der Waals surface area contributed by atoms with Crippen molar-refractivity contribution in [3.8, 4) is 33.4 Å². The zero-order chi connectivity index (χ0) is 38.7. The van der Waals surface area contributed by atoms with Crippen LogP contribution in [0.5, 0.6) is 0 Å². The SMILES string of the molecule is c1ccc(C2(c3ccccc3)c3ccc(-c4cccc5oc6c7ccccc7ccc6c45)cc3-c3c2ccc2c(-c4ccc5c(c4)oc4ccccc45)cccc32)cc1. The summed E-state index contributed by atoms with van der Waals surface area (Å²) >= 11 is 0. The number of benzene rings is 10. The minimum atomic E-state index is -0.531. The van der Waals surface area contributed by atoms with Gasteiger partial charge in [-0.05, 0) is 108 Å². The van der Waals surface area contributed by atoms with Gasteiger partial charge in [-0.3, -0.25) is 0 Å². The van der Waals surface area contributed by atoms with Crippen molar-refractivity contribution in [1.82, 2.24) is 0 Å². The van der Waals surface area contributed by atoms with Crippen molar-refractivity contribution in [3.05, 3.63) is 229 Å². The van der Waals surface area contributed by atoms with Crippen LogP contribution in [-0.4, -0.2) is 0 Å². The first kappa shape index (κ1) is 32.4. The van der Waals surface area contributed by atoms with Gasteiger partial charge in [-0.2, -0.15) is 0 Å². The van der Waals surface area contributed by atoms with Gasteiger partial charge in [0.1, 0.15) is 22.3 Å². The van der Waals surface area contributed by atoms with Crippen LogP contribution in [0.2, 0.25) is 0 Å². The van der Waals surface area contributed by atoms with E-state index in [4.69, 9.17) is 8.83 Å². The molecule has 12 aromatic rings. The van der Waals surface area contributed by atoms with E-state index < -0.39 is 5.41 Å². The summed E-state index contributed by atoms with van der Waals surface area (Å²) in [6.07, 6.45) is 0. The van der Waals surface area contributed by atoms with Crippen LogP contribution in [0.4, 0.5) is 0 Å². The second kappa shape index (κ2) is 12.2. The largest absolute Gasteiger partial charge is 0.456 e. The molecule has 2 nitrogen and oxygen atoms in total. The third-order valence-electron chi connectivity index (χ3n) is 13.0. The molecule has 1 aliphatic carbocycles. The van der Waals surface area contributed by atoms with Crippen LogP contribution in [0.15, 0.2) is 215 Å². The fourth-order valence-corrected chi connectivity index (χ4v) is 10.5. The number of fused-ring (bicyclic) bond motifs is 13. The molecule has 2 aromatic heterocycles. The van der Waals surface area contributed by atoms with Gasteiger partial charge in [-0.1, -0.05) is 170 Å². The van der Waals surface area contributed by atoms with Crippen molar-refractivity contribution in [2.45, 2.75) is 5.41 Å². The van der Waals surface area contributed by atoms with Crippen LogP contribution >= 0.6 is 0 Å². The van der Waals surface area contributed by atoms with Gasteiger partial charge in [0.2, 0.25) is 0 Å². The Labute approximate surface area is 340 Å². The lowest BCUT2D eigenvalue weighted by molar-refractivity contribution is 0.669. The molecule has 0 fully saturated rings. The second-order valence-electron chi connectivity index (χ2n) is 15.9. The first-order chi connectivity index (χ1) is 29.3. The van der Waals surface area contributed by atoms with E-state index >= 15 is 0 Å². The van der Waals surface area contributed by atoms with Crippen molar-refractivity contribution in [1.29, 1.82) is 0 Å².